The van der Waals surface area contributed by atoms with Crippen molar-refractivity contribution >= 4 is 5.78 Å². The van der Waals surface area contributed by atoms with E-state index in [1.807, 2.05) is 42.6 Å². The van der Waals surface area contributed by atoms with Crippen molar-refractivity contribution < 1.29 is 4.79 Å². The molecular formula is C17H20N2O. The van der Waals surface area contributed by atoms with Crippen molar-refractivity contribution in [2.24, 2.45) is 5.92 Å². The van der Waals surface area contributed by atoms with Gasteiger partial charge < -0.3 is 0 Å². The molecule has 20 heavy (non-hydrogen) atoms. The standard InChI is InChI=1S/C17H20N2O/c20-17(14-8-4-1-2-5-9-14)16-12-13-19(18-16)15-10-6-3-7-11-15/h3,6-7,10-14H,1-2,4-5,8-9H2. The van der Waals surface area contributed by atoms with Crippen LogP contribution in [0.3, 0.4) is 0 Å². The fourth-order valence-corrected chi connectivity index (χ4v) is 2.93. The Morgan fingerprint density at radius 1 is 1.00 bits per heavy atom. The largest absolute Gasteiger partial charge is 0.292 e. The smallest absolute Gasteiger partial charge is 0.186 e. The summed E-state index contributed by atoms with van der Waals surface area (Å²) in [6, 6.07) is 11.8. The zero-order valence-corrected chi connectivity index (χ0v) is 11.7. The number of carbonyl (C=O) groups is 1. The Balaban J connectivity index is 1.77. The maximum Gasteiger partial charge on any atom is 0.186 e. The molecule has 1 aromatic heterocycles. The molecule has 3 rings (SSSR count). The van der Waals surface area contributed by atoms with Crippen LogP contribution >= 0.6 is 0 Å². The Morgan fingerprint density at radius 2 is 1.70 bits per heavy atom. The molecule has 1 saturated carbocycles. The van der Waals surface area contributed by atoms with Gasteiger partial charge in [0.05, 0.1) is 5.69 Å². The van der Waals surface area contributed by atoms with E-state index in [0.29, 0.717) is 5.69 Å². The molecule has 1 aliphatic rings. The van der Waals surface area contributed by atoms with Gasteiger partial charge in [-0.15, -0.1) is 0 Å². The molecule has 3 nitrogen and oxygen atoms in total. The number of benzene rings is 1. The van der Waals surface area contributed by atoms with E-state index in [-0.39, 0.29) is 11.7 Å². The lowest BCUT2D eigenvalue weighted by Gasteiger charge is -2.10. The lowest BCUT2D eigenvalue weighted by Crippen LogP contribution is -2.15. The van der Waals surface area contributed by atoms with Gasteiger partial charge in [-0.05, 0) is 31.0 Å². The number of hydrogen-bond acceptors (Lipinski definition) is 2. The average Bonchev–Trinajstić information content (AvgIpc) is 2.83. The van der Waals surface area contributed by atoms with Crippen LogP contribution in [0.15, 0.2) is 42.6 Å². The molecule has 0 saturated heterocycles. The molecule has 3 heteroatoms. The Labute approximate surface area is 119 Å². The molecule has 0 unspecified atom stereocenters. The Morgan fingerprint density at radius 3 is 2.40 bits per heavy atom. The summed E-state index contributed by atoms with van der Waals surface area (Å²) >= 11 is 0. The van der Waals surface area contributed by atoms with E-state index in [1.165, 1.54) is 25.7 Å². The lowest BCUT2D eigenvalue weighted by molar-refractivity contribution is 0.0902. The number of rotatable bonds is 3. The summed E-state index contributed by atoms with van der Waals surface area (Å²) in [6.07, 6.45) is 8.81. The maximum absolute atomic E-state index is 12.5. The molecule has 1 heterocycles. The van der Waals surface area contributed by atoms with Crippen molar-refractivity contribution in [3.63, 3.8) is 0 Å². The number of nitrogens with zero attached hydrogens (tertiary/aromatic N) is 2. The molecule has 0 aliphatic heterocycles. The second kappa shape index (κ2) is 6.04. The molecule has 0 atom stereocenters. The fourth-order valence-electron chi connectivity index (χ4n) is 2.93. The van der Waals surface area contributed by atoms with Crippen molar-refractivity contribution in [3.05, 3.63) is 48.3 Å². The monoisotopic (exact) mass is 268 g/mol. The Hall–Kier alpha value is -1.90. The van der Waals surface area contributed by atoms with Gasteiger partial charge in [-0.25, -0.2) is 4.68 Å². The maximum atomic E-state index is 12.5. The van der Waals surface area contributed by atoms with E-state index in [0.717, 1.165) is 18.5 Å². The molecule has 1 aliphatic carbocycles. The molecule has 1 aromatic carbocycles. The van der Waals surface area contributed by atoms with Crippen molar-refractivity contribution in [3.8, 4) is 5.69 Å². The first-order valence-corrected chi connectivity index (χ1v) is 7.50. The highest BCUT2D eigenvalue weighted by molar-refractivity contribution is 5.96. The lowest BCUT2D eigenvalue weighted by atomic mass is 9.94. The van der Waals surface area contributed by atoms with Gasteiger partial charge in [0.25, 0.3) is 0 Å². The zero-order chi connectivity index (χ0) is 13.8. The van der Waals surface area contributed by atoms with Crippen LogP contribution in [0.1, 0.15) is 49.0 Å². The number of ketones is 1. The van der Waals surface area contributed by atoms with E-state index in [2.05, 4.69) is 5.10 Å². The summed E-state index contributed by atoms with van der Waals surface area (Å²) in [4.78, 5) is 12.5. The minimum atomic E-state index is 0.177. The van der Waals surface area contributed by atoms with Gasteiger partial charge >= 0.3 is 0 Å². The quantitative estimate of drug-likeness (QED) is 0.622. The Kier molecular flexibility index (Phi) is 3.95. The highest BCUT2D eigenvalue weighted by Gasteiger charge is 2.23. The fraction of sp³-hybridized carbons (Fsp3) is 0.412. The second-order valence-corrected chi connectivity index (χ2v) is 5.53. The zero-order valence-electron chi connectivity index (χ0n) is 11.7. The van der Waals surface area contributed by atoms with Crippen molar-refractivity contribution in [2.45, 2.75) is 38.5 Å². The van der Waals surface area contributed by atoms with Crippen molar-refractivity contribution in [1.29, 1.82) is 0 Å². The first kappa shape index (κ1) is 13.1. The van der Waals surface area contributed by atoms with E-state index in [4.69, 9.17) is 0 Å². The number of aromatic nitrogens is 2. The normalized spacial score (nSPS) is 16.8. The molecule has 0 bridgehead atoms. The van der Waals surface area contributed by atoms with Crippen LogP contribution in [-0.4, -0.2) is 15.6 Å². The number of para-hydroxylation sites is 1. The number of hydrogen-bond donors (Lipinski definition) is 0. The van der Waals surface area contributed by atoms with Gasteiger partial charge in [0.1, 0.15) is 5.69 Å². The summed E-state index contributed by atoms with van der Waals surface area (Å²) in [7, 11) is 0. The second-order valence-electron chi connectivity index (χ2n) is 5.53. The van der Waals surface area contributed by atoms with E-state index >= 15 is 0 Å². The van der Waals surface area contributed by atoms with E-state index in [9.17, 15) is 4.79 Å². The average molecular weight is 268 g/mol. The van der Waals surface area contributed by atoms with E-state index < -0.39 is 0 Å². The summed E-state index contributed by atoms with van der Waals surface area (Å²) in [5.41, 5.74) is 1.60. The molecule has 0 spiro atoms. The molecular weight excluding hydrogens is 248 g/mol. The highest BCUT2D eigenvalue weighted by Crippen LogP contribution is 2.25. The van der Waals surface area contributed by atoms with Gasteiger partial charge in [-0.1, -0.05) is 43.9 Å². The summed E-state index contributed by atoms with van der Waals surface area (Å²) < 4.78 is 1.78. The van der Waals surface area contributed by atoms with Gasteiger partial charge in [-0.2, -0.15) is 5.10 Å². The SMILES string of the molecule is O=C(c1ccn(-c2ccccc2)n1)C1CCCCCC1. The van der Waals surface area contributed by atoms with Crippen molar-refractivity contribution in [2.75, 3.05) is 0 Å². The molecule has 0 amide bonds. The summed E-state index contributed by atoms with van der Waals surface area (Å²) in [5.74, 6) is 0.401. The van der Waals surface area contributed by atoms with Gasteiger partial charge in [0.15, 0.2) is 5.78 Å². The third-order valence-corrected chi connectivity index (χ3v) is 4.09. The van der Waals surface area contributed by atoms with Crippen LogP contribution in [0.5, 0.6) is 0 Å². The van der Waals surface area contributed by atoms with Gasteiger partial charge in [0, 0.05) is 12.1 Å². The van der Waals surface area contributed by atoms with Crippen LogP contribution in [-0.2, 0) is 0 Å². The van der Waals surface area contributed by atoms with Crippen LogP contribution in [0.25, 0.3) is 5.69 Å². The van der Waals surface area contributed by atoms with Gasteiger partial charge in [0.2, 0.25) is 0 Å². The first-order chi connectivity index (χ1) is 9.84. The third-order valence-electron chi connectivity index (χ3n) is 4.09. The van der Waals surface area contributed by atoms with E-state index in [1.54, 1.807) is 4.68 Å². The number of carbonyl (C=O) groups excluding carboxylic acids is 1. The molecule has 0 radical (unpaired) electrons. The van der Waals surface area contributed by atoms with Crippen LogP contribution in [0.4, 0.5) is 0 Å². The van der Waals surface area contributed by atoms with Crippen LogP contribution in [0, 0.1) is 5.92 Å². The van der Waals surface area contributed by atoms with Crippen LogP contribution in [0.2, 0.25) is 0 Å². The first-order valence-electron chi connectivity index (χ1n) is 7.50. The third kappa shape index (κ3) is 2.82. The molecule has 2 aromatic rings. The summed E-state index contributed by atoms with van der Waals surface area (Å²) in [6.45, 7) is 0. The Bertz CT molecular complexity index is 566. The van der Waals surface area contributed by atoms with Crippen molar-refractivity contribution in [1.82, 2.24) is 9.78 Å². The molecule has 104 valence electrons. The molecule has 0 N–H and O–H groups in total. The highest BCUT2D eigenvalue weighted by atomic mass is 16.1. The predicted octanol–water partition coefficient (Wildman–Crippen LogP) is 4.03. The molecule has 1 fully saturated rings. The van der Waals surface area contributed by atoms with Gasteiger partial charge in [-0.3, -0.25) is 4.79 Å². The minimum absolute atomic E-state index is 0.177. The topological polar surface area (TPSA) is 34.9 Å². The van der Waals surface area contributed by atoms with Crippen LogP contribution < -0.4 is 0 Å². The minimum Gasteiger partial charge on any atom is -0.292 e. The summed E-state index contributed by atoms with van der Waals surface area (Å²) in [5, 5.41) is 4.45. The number of Topliss-reactive ketones (excluding diaryl/α,β-unsaturated/α-hetero) is 1. The predicted molar refractivity (Wildman–Crippen MR) is 79.1 cm³/mol.